The monoisotopic (exact) mass is 609 g/mol. The van der Waals surface area contributed by atoms with E-state index in [1.165, 1.54) is 56.6 Å². The lowest BCUT2D eigenvalue weighted by molar-refractivity contribution is -0.137. The Morgan fingerprint density at radius 1 is 1.05 bits per heavy atom. The predicted molar refractivity (Wildman–Crippen MR) is 151 cm³/mol. The minimum absolute atomic E-state index is 0.0529. The molecule has 0 aliphatic carbocycles. The predicted octanol–water partition coefficient (Wildman–Crippen LogP) is 5.36. The number of aromatic nitrogens is 1. The van der Waals surface area contributed by atoms with Crippen LogP contribution in [0.2, 0.25) is 0 Å². The molecular weight excluding hydrogens is 579 g/mol. The second kappa shape index (κ2) is 11.7. The first-order chi connectivity index (χ1) is 19.2. The highest BCUT2D eigenvalue weighted by molar-refractivity contribution is 7.92. The first-order valence-electron chi connectivity index (χ1n) is 12.7. The first kappa shape index (κ1) is 30.4. The summed E-state index contributed by atoms with van der Waals surface area (Å²) in [4.78, 5) is 6.49. The van der Waals surface area contributed by atoms with E-state index in [2.05, 4.69) is 16.3 Å². The molecule has 1 aliphatic heterocycles. The van der Waals surface area contributed by atoms with Crippen LogP contribution in [-0.2, 0) is 36.5 Å². The van der Waals surface area contributed by atoms with Crippen molar-refractivity contribution in [2.45, 2.75) is 42.1 Å². The van der Waals surface area contributed by atoms with Gasteiger partial charge in [-0.15, -0.1) is 0 Å². The van der Waals surface area contributed by atoms with Crippen LogP contribution in [0.5, 0.6) is 0 Å². The molecule has 220 valence electrons. The Morgan fingerprint density at radius 3 is 2.24 bits per heavy atom. The topological polar surface area (TPSA) is 106 Å². The maximum Gasteiger partial charge on any atom is 0.416 e. The number of halogens is 3. The Balaban J connectivity index is 1.47. The number of sulfonamides is 1. The van der Waals surface area contributed by atoms with Crippen molar-refractivity contribution in [3.8, 4) is 0 Å². The van der Waals surface area contributed by atoms with Crippen molar-refractivity contribution >= 4 is 31.4 Å². The third kappa shape index (κ3) is 7.20. The number of alkyl halides is 3. The molecule has 0 spiro atoms. The van der Waals surface area contributed by atoms with E-state index in [-0.39, 0.29) is 34.0 Å². The number of hydrogen-bond acceptors (Lipinski definition) is 7. The Bertz CT molecular complexity index is 1590. The Labute approximate surface area is 237 Å². The Hall–Kier alpha value is -3.58. The summed E-state index contributed by atoms with van der Waals surface area (Å²) in [5.74, 6) is 0.482. The third-order valence-corrected chi connectivity index (χ3v) is 9.99. The van der Waals surface area contributed by atoms with Gasteiger partial charge in [0.2, 0.25) is 10.0 Å². The highest BCUT2D eigenvalue weighted by atomic mass is 32.2. The zero-order chi connectivity index (χ0) is 30.0. The van der Waals surface area contributed by atoms with Crippen LogP contribution in [0.15, 0.2) is 84.1 Å². The molecule has 0 radical (unpaired) electrons. The lowest BCUT2D eigenvalue weighted by Gasteiger charge is -2.26. The van der Waals surface area contributed by atoms with Crippen molar-refractivity contribution in [2.24, 2.45) is 0 Å². The Morgan fingerprint density at radius 2 is 1.71 bits per heavy atom. The van der Waals surface area contributed by atoms with Gasteiger partial charge in [-0.1, -0.05) is 37.8 Å². The van der Waals surface area contributed by atoms with E-state index in [4.69, 9.17) is 4.74 Å². The fraction of sp³-hybridized carbons (Fsp3) is 0.321. The van der Waals surface area contributed by atoms with E-state index in [1.54, 1.807) is 12.1 Å². The molecule has 0 amide bonds. The van der Waals surface area contributed by atoms with Gasteiger partial charge in [-0.05, 0) is 53.9 Å². The second-order valence-corrected chi connectivity index (χ2v) is 13.7. The molecule has 1 N–H and O–H groups in total. The highest BCUT2D eigenvalue weighted by Gasteiger charge is 2.37. The molecule has 2 atom stereocenters. The van der Waals surface area contributed by atoms with Crippen LogP contribution in [0.4, 0.5) is 24.7 Å². The quantitative estimate of drug-likeness (QED) is 0.309. The van der Waals surface area contributed by atoms with E-state index >= 15 is 0 Å². The van der Waals surface area contributed by atoms with Crippen molar-refractivity contribution < 1.29 is 34.7 Å². The number of nitrogens with zero attached hydrogens (tertiary/aromatic N) is 2. The molecule has 0 bridgehead atoms. The number of methoxy groups -OCH3 is 1. The molecule has 2 heterocycles. The van der Waals surface area contributed by atoms with Crippen LogP contribution in [0, 0.1) is 0 Å². The van der Waals surface area contributed by atoms with E-state index < -0.39 is 31.6 Å². The van der Waals surface area contributed by atoms with E-state index in [9.17, 15) is 30.0 Å². The third-order valence-electron chi connectivity index (χ3n) is 6.98. The van der Waals surface area contributed by atoms with Crippen LogP contribution in [0.25, 0.3) is 0 Å². The van der Waals surface area contributed by atoms with Crippen molar-refractivity contribution in [2.75, 3.05) is 29.0 Å². The molecule has 1 unspecified atom stereocenters. The number of benzene rings is 2. The van der Waals surface area contributed by atoms with Crippen molar-refractivity contribution in [3.63, 3.8) is 0 Å². The van der Waals surface area contributed by atoms with Gasteiger partial charge in [0.15, 0.2) is 9.84 Å². The van der Waals surface area contributed by atoms with Crippen molar-refractivity contribution in [1.82, 2.24) is 4.98 Å². The van der Waals surface area contributed by atoms with Crippen LogP contribution >= 0.6 is 0 Å². The van der Waals surface area contributed by atoms with Gasteiger partial charge in [0.1, 0.15) is 11.6 Å². The van der Waals surface area contributed by atoms with Gasteiger partial charge in [0.05, 0.1) is 47.0 Å². The summed E-state index contributed by atoms with van der Waals surface area (Å²) in [6.07, 6.45) is -2.49. The molecule has 3 aromatic rings. The van der Waals surface area contributed by atoms with E-state index in [0.717, 1.165) is 17.7 Å². The van der Waals surface area contributed by atoms with Crippen LogP contribution in [-0.4, -0.2) is 47.3 Å². The highest BCUT2D eigenvalue weighted by Crippen LogP contribution is 2.38. The van der Waals surface area contributed by atoms with Gasteiger partial charge >= 0.3 is 6.18 Å². The molecule has 2 aromatic carbocycles. The maximum atomic E-state index is 13.0. The molecule has 1 fully saturated rings. The van der Waals surface area contributed by atoms with Gasteiger partial charge in [-0.2, -0.15) is 13.2 Å². The molecule has 8 nitrogen and oxygen atoms in total. The number of anilines is 2. The van der Waals surface area contributed by atoms with Gasteiger partial charge in [-0.25, -0.2) is 21.8 Å². The molecule has 4 rings (SSSR count). The summed E-state index contributed by atoms with van der Waals surface area (Å²) in [7, 11) is -5.72. The molecule has 1 aromatic heterocycles. The zero-order valence-electron chi connectivity index (χ0n) is 22.4. The summed E-state index contributed by atoms with van der Waals surface area (Å²) >= 11 is 0. The van der Waals surface area contributed by atoms with Crippen LogP contribution in [0.1, 0.15) is 36.0 Å². The normalized spacial score (nSPS) is 17.8. The summed E-state index contributed by atoms with van der Waals surface area (Å²) < 4.78 is 96.3. The number of rotatable bonds is 10. The average Bonchev–Trinajstić information content (AvgIpc) is 3.38. The summed E-state index contributed by atoms with van der Waals surface area (Å²) in [5, 5.41) is 0. The van der Waals surface area contributed by atoms with Crippen molar-refractivity contribution in [3.05, 3.63) is 95.9 Å². The summed E-state index contributed by atoms with van der Waals surface area (Å²) in [6, 6.07) is 13.7. The molecule has 13 heteroatoms. The lowest BCUT2D eigenvalue weighted by atomic mass is 9.95. The largest absolute Gasteiger partial charge is 0.500 e. The standard InChI is InChI=1S/C28H30F3N3O5S2/c1-4-40(35,36)25-12-5-20(6-13-25)18-41(37,38)33-24-11-14-27(32-16-24)34-17-22(15-26(34)19(2)39-3)21-7-9-23(10-8-21)28(29,30)31/h5-14,16,22,26,33H,2,4,15,17-18H2,1,3H3/t22?,26-/m0/s1. The van der Waals surface area contributed by atoms with Gasteiger partial charge in [0.25, 0.3) is 0 Å². The molecule has 1 aliphatic rings. The van der Waals surface area contributed by atoms with Crippen LogP contribution < -0.4 is 9.62 Å². The maximum absolute atomic E-state index is 13.0. The van der Waals surface area contributed by atoms with Gasteiger partial charge < -0.3 is 9.64 Å². The SMILES string of the molecule is C=C(OC)[C@@H]1CC(c2ccc(C(F)(F)F)cc2)CN1c1ccc(NS(=O)(=O)Cc2ccc(S(=O)(=O)CC)cc2)cn1. The van der Waals surface area contributed by atoms with Crippen LogP contribution in [0.3, 0.4) is 0 Å². The van der Waals surface area contributed by atoms with E-state index in [1.807, 2.05) is 4.90 Å². The fourth-order valence-electron chi connectivity index (χ4n) is 4.73. The molecular formula is C28H30F3N3O5S2. The average molecular weight is 610 g/mol. The number of sulfone groups is 1. The Kier molecular flexibility index (Phi) is 8.69. The smallest absolute Gasteiger partial charge is 0.416 e. The molecule has 1 saturated heterocycles. The molecule has 41 heavy (non-hydrogen) atoms. The first-order valence-corrected chi connectivity index (χ1v) is 16.0. The number of pyridine rings is 1. The second-order valence-electron chi connectivity index (χ2n) is 9.70. The van der Waals surface area contributed by atoms with Gasteiger partial charge in [0, 0.05) is 12.5 Å². The summed E-state index contributed by atoms with van der Waals surface area (Å²) in [6.45, 7) is 5.95. The zero-order valence-corrected chi connectivity index (χ0v) is 24.1. The van der Waals surface area contributed by atoms with Gasteiger partial charge in [-0.3, -0.25) is 4.72 Å². The van der Waals surface area contributed by atoms with E-state index in [0.29, 0.717) is 30.1 Å². The minimum Gasteiger partial charge on any atom is -0.500 e. The minimum atomic E-state index is -4.41. The number of ether oxygens (including phenoxy) is 1. The number of nitrogens with one attached hydrogen (secondary N) is 1. The lowest BCUT2D eigenvalue weighted by Crippen LogP contribution is -2.32. The number of hydrogen-bond donors (Lipinski definition) is 1. The fourth-order valence-corrected chi connectivity index (χ4v) is 6.79. The summed E-state index contributed by atoms with van der Waals surface area (Å²) in [5.41, 5.74) is 0.693. The molecule has 0 saturated carbocycles. The van der Waals surface area contributed by atoms with Crippen molar-refractivity contribution in [1.29, 1.82) is 0 Å².